The van der Waals surface area contributed by atoms with Crippen LogP contribution in [0.15, 0.2) is 18.2 Å². The van der Waals surface area contributed by atoms with E-state index in [1.165, 1.54) is 30.4 Å². The van der Waals surface area contributed by atoms with Crippen molar-refractivity contribution < 1.29 is 0 Å². The van der Waals surface area contributed by atoms with E-state index in [-0.39, 0.29) is 5.54 Å². The maximum Gasteiger partial charge on any atom is 0.00967 e. The number of hydrogen-bond donors (Lipinski definition) is 1. The molecule has 100 valence electrons. The maximum absolute atomic E-state index is 3.68. The highest BCUT2D eigenvalue weighted by Gasteiger charge is 2.43. The topological polar surface area (TPSA) is 12.0 Å². The molecule has 2 rings (SSSR count). The molecule has 1 saturated carbocycles. The van der Waals surface area contributed by atoms with Crippen LogP contribution < -0.4 is 5.32 Å². The highest BCUT2D eigenvalue weighted by atomic mass is 15.0. The fraction of sp³-hybridized carbons (Fsp3) is 0.647. The van der Waals surface area contributed by atoms with Crippen LogP contribution in [0.2, 0.25) is 0 Å². The van der Waals surface area contributed by atoms with E-state index in [1.54, 1.807) is 5.56 Å². The minimum Gasteiger partial charge on any atom is -0.312 e. The molecular weight excluding hydrogens is 218 g/mol. The molecule has 1 nitrogen and oxygen atoms in total. The summed E-state index contributed by atoms with van der Waals surface area (Å²) in [7, 11) is 0. The standard InChI is InChI=1S/C17H27N/c1-13-7-6-8-14(2)15(13)11-17(9-10-17)12-18-16(3,4)5/h6-8,18H,9-12H2,1-5H3. The average Bonchev–Trinajstić information content (AvgIpc) is 3.01. The molecule has 1 aromatic rings. The minimum atomic E-state index is 0.233. The van der Waals surface area contributed by atoms with Crippen LogP contribution in [-0.4, -0.2) is 12.1 Å². The smallest absolute Gasteiger partial charge is 0.00967 e. The van der Waals surface area contributed by atoms with Gasteiger partial charge >= 0.3 is 0 Å². The van der Waals surface area contributed by atoms with Crippen LogP contribution in [0.5, 0.6) is 0 Å². The van der Waals surface area contributed by atoms with E-state index >= 15 is 0 Å². The van der Waals surface area contributed by atoms with Gasteiger partial charge in [-0.3, -0.25) is 0 Å². The molecule has 0 saturated heterocycles. The monoisotopic (exact) mass is 245 g/mol. The third kappa shape index (κ3) is 3.35. The average molecular weight is 245 g/mol. The van der Waals surface area contributed by atoms with Gasteiger partial charge in [0, 0.05) is 12.1 Å². The van der Waals surface area contributed by atoms with E-state index in [2.05, 4.69) is 58.1 Å². The number of rotatable bonds is 4. The molecule has 1 heteroatoms. The predicted molar refractivity (Wildman–Crippen MR) is 79.0 cm³/mol. The lowest BCUT2D eigenvalue weighted by molar-refractivity contribution is 0.356. The largest absolute Gasteiger partial charge is 0.312 e. The van der Waals surface area contributed by atoms with Gasteiger partial charge < -0.3 is 5.32 Å². The Labute approximate surface area is 112 Å². The van der Waals surface area contributed by atoms with Crippen LogP contribution >= 0.6 is 0 Å². The molecule has 1 aliphatic carbocycles. The minimum absolute atomic E-state index is 0.233. The van der Waals surface area contributed by atoms with Gasteiger partial charge in [0.15, 0.2) is 0 Å². The first-order valence-corrected chi connectivity index (χ1v) is 7.12. The van der Waals surface area contributed by atoms with Crippen molar-refractivity contribution in [2.75, 3.05) is 6.54 Å². The second-order valence-corrected chi connectivity index (χ2v) is 7.15. The molecule has 0 unspecified atom stereocenters. The van der Waals surface area contributed by atoms with Gasteiger partial charge in [0.2, 0.25) is 0 Å². The second kappa shape index (κ2) is 4.70. The lowest BCUT2D eigenvalue weighted by atomic mass is 9.90. The molecule has 1 aromatic carbocycles. The van der Waals surface area contributed by atoms with Gasteiger partial charge in [0.1, 0.15) is 0 Å². The van der Waals surface area contributed by atoms with Crippen LogP contribution in [0.4, 0.5) is 0 Å². The summed E-state index contributed by atoms with van der Waals surface area (Å²) in [5.74, 6) is 0. The van der Waals surface area contributed by atoms with Gasteiger partial charge in [-0.2, -0.15) is 0 Å². The van der Waals surface area contributed by atoms with Gasteiger partial charge in [0.25, 0.3) is 0 Å². The van der Waals surface area contributed by atoms with E-state index < -0.39 is 0 Å². The summed E-state index contributed by atoms with van der Waals surface area (Å²) in [5.41, 5.74) is 5.25. The Bertz CT molecular complexity index is 401. The van der Waals surface area contributed by atoms with E-state index in [9.17, 15) is 0 Å². The lowest BCUT2D eigenvalue weighted by Gasteiger charge is -2.26. The van der Waals surface area contributed by atoms with Crippen LogP contribution in [0.25, 0.3) is 0 Å². The van der Waals surface area contributed by atoms with Crippen molar-refractivity contribution in [3.63, 3.8) is 0 Å². The molecule has 0 bridgehead atoms. The van der Waals surface area contributed by atoms with Crippen molar-refractivity contribution in [1.82, 2.24) is 5.32 Å². The molecular formula is C17H27N. The van der Waals surface area contributed by atoms with Gasteiger partial charge in [-0.05, 0) is 76.0 Å². The zero-order valence-electron chi connectivity index (χ0n) is 12.6. The number of benzene rings is 1. The molecule has 0 atom stereocenters. The first kappa shape index (κ1) is 13.6. The summed E-state index contributed by atoms with van der Waals surface area (Å²) >= 11 is 0. The van der Waals surface area contributed by atoms with Crippen molar-refractivity contribution in [1.29, 1.82) is 0 Å². The summed E-state index contributed by atoms with van der Waals surface area (Å²) in [5, 5.41) is 3.68. The third-order valence-electron chi connectivity index (χ3n) is 4.15. The maximum atomic E-state index is 3.68. The van der Waals surface area contributed by atoms with Gasteiger partial charge in [0.05, 0.1) is 0 Å². The van der Waals surface area contributed by atoms with Crippen LogP contribution in [-0.2, 0) is 6.42 Å². The van der Waals surface area contributed by atoms with Gasteiger partial charge in [-0.15, -0.1) is 0 Å². The molecule has 18 heavy (non-hydrogen) atoms. The number of nitrogens with one attached hydrogen (secondary N) is 1. The van der Waals surface area contributed by atoms with E-state index in [4.69, 9.17) is 0 Å². The predicted octanol–water partition coefficient (Wildman–Crippen LogP) is 4.01. The Hall–Kier alpha value is -0.820. The van der Waals surface area contributed by atoms with E-state index in [0.717, 1.165) is 6.54 Å². The van der Waals surface area contributed by atoms with Crippen LogP contribution in [0, 0.1) is 19.3 Å². The molecule has 1 fully saturated rings. The lowest BCUT2D eigenvalue weighted by Crippen LogP contribution is -2.40. The Morgan fingerprint density at radius 2 is 1.67 bits per heavy atom. The fourth-order valence-corrected chi connectivity index (χ4v) is 2.55. The van der Waals surface area contributed by atoms with E-state index in [0.29, 0.717) is 5.41 Å². The summed E-state index contributed by atoms with van der Waals surface area (Å²) in [6.45, 7) is 12.4. The highest BCUT2D eigenvalue weighted by molar-refractivity contribution is 5.35. The van der Waals surface area contributed by atoms with Crippen molar-refractivity contribution in [3.05, 3.63) is 34.9 Å². The Morgan fingerprint density at radius 1 is 1.11 bits per heavy atom. The number of aryl methyl sites for hydroxylation is 2. The molecule has 1 aliphatic rings. The molecule has 0 amide bonds. The van der Waals surface area contributed by atoms with Crippen molar-refractivity contribution in [2.45, 2.75) is 59.4 Å². The zero-order chi connectivity index (χ0) is 13.4. The van der Waals surface area contributed by atoms with Crippen LogP contribution in [0.1, 0.15) is 50.3 Å². The molecule has 1 N–H and O–H groups in total. The second-order valence-electron chi connectivity index (χ2n) is 7.15. The SMILES string of the molecule is Cc1cccc(C)c1CC1(CNC(C)(C)C)CC1. The Balaban J connectivity index is 2.05. The van der Waals surface area contributed by atoms with Crippen molar-refractivity contribution in [3.8, 4) is 0 Å². The third-order valence-corrected chi connectivity index (χ3v) is 4.15. The molecule has 0 spiro atoms. The van der Waals surface area contributed by atoms with Crippen molar-refractivity contribution >= 4 is 0 Å². The molecule has 0 aliphatic heterocycles. The van der Waals surface area contributed by atoms with E-state index in [1.807, 2.05) is 0 Å². The molecule has 0 radical (unpaired) electrons. The summed E-state index contributed by atoms with van der Waals surface area (Å²) < 4.78 is 0. The Morgan fingerprint density at radius 3 is 2.11 bits per heavy atom. The van der Waals surface area contributed by atoms with Crippen LogP contribution in [0.3, 0.4) is 0 Å². The van der Waals surface area contributed by atoms with Gasteiger partial charge in [-0.25, -0.2) is 0 Å². The van der Waals surface area contributed by atoms with Crippen molar-refractivity contribution in [2.24, 2.45) is 5.41 Å². The Kier molecular flexibility index (Phi) is 3.55. The number of hydrogen-bond acceptors (Lipinski definition) is 1. The molecule has 0 aromatic heterocycles. The highest BCUT2D eigenvalue weighted by Crippen LogP contribution is 2.48. The quantitative estimate of drug-likeness (QED) is 0.845. The summed E-state index contributed by atoms with van der Waals surface area (Å²) in [6.07, 6.45) is 4.00. The van der Waals surface area contributed by atoms with Gasteiger partial charge in [-0.1, -0.05) is 18.2 Å². The first-order chi connectivity index (χ1) is 8.31. The summed E-state index contributed by atoms with van der Waals surface area (Å²) in [6, 6.07) is 6.66. The first-order valence-electron chi connectivity index (χ1n) is 7.12. The normalized spacial score (nSPS) is 17.8. The summed E-state index contributed by atoms with van der Waals surface area (Å²) in [4.78, 5) is 0. The molecule has 0 heterocycles. The zero-order valence-corrected chi connectivity index (χ0v) is 12.6. The fourth-order valence-electron chi connectivity index (χ4n) is 2.55.